The molecule has 2 N–H and O–H groups in total. The zero-order valence-corrected chi connectivity index (χ0v) is 23.8. The summed E-state index contributed by atoms with van der Waals surface area (Å²) in [5.74, 6) is -1.30. The molecule has 1 atom stereocenters. The molecule has 2 heterocycles. The fourth-order valence-corrected chi connectivity index (χ4v) is 5.31. The van der Waals surface area contributed by atoms with E-state index in [1.807, 2.05) is 0 Å². The van der Waals surface area contributed by atoms with Crippen LogP contribution in [0.5, 0.6) is 0 Å². The Morgan fingerprint density at radius 3 is 2.34 bits per heavy atom. The normalized spacial score (nSPS) is 11.6. The molecule has 0 fully saturated rings. The molecule has 0 aliphatic rings. The van der Waals surface area contributed by atoms with Crippen molar-refractivity contribution in [2.75, 3.05) is 5.32 Å². The summed E-state index contributed by atoms with van der Waals surface area (Å²) in [6.45, 7) is 1.73. The predicted octanol–water partition coefficient (Wildman–Crippen LogP) is 7.96. The summed E-state index contributed by atoms with van der Waals surface area (Å²) in [5.41, 5.74) is 4.22. The number of aromatic nitrogens is 2. The molecular formula is C31H20Cl2N4O3S. The Bertz CT molecular complexity index is 1860. The molecular weight excluding hydrogens is 579 g/mol. The number of anilines is 1. The van der Waals surface area contributed by atoms with Crippen LogP contribution in [-0.4, -0.2) is 32.2 Å². The number of hydrogen-bond acceptors (Lipinski definition) is 6. The lowest BCUT2D eigenvalue weighted by atomic mass is 10.0. The summed E-state index contributed by atoms with van der Waals surface area (Å²) in [4.78, 5) is 34.1. The Morgan fingerprint density at radius 1 is 0.902 bits per heavy atom. The topological polar surface area (TPSA) is 116 Å². The van der Waals surface area contributed by atoms with Gasteiger partial charge in [0.25, 0.3) is 0 Å². The van der Waals surface area contributed by atoms with Gasteiger partial charge in [0.15, 0.2) is 0 Å². The number of rotatable bonds is 7. The van der Waals surface area contributed by atoms with E-state index in [1.54, 1.807) is 91.9 Å². The average Bonchev–Trinajstić information content (AvgIpc) is 2.98. The molecule has 202 valence electrons. The second-order valence-corrected chi connectivity index (χ2v) is 11.1. The lowest BCUT2D eigenvalue weighted by Crippen LogP contribution is -2.22. The third-order valence-corrected chi connectivity index (χ3v) is 8.09. The molecule has 1 unspecified atom stereocenters. The third-order valence-electron chi connectivity index (χ3n) is 6.25. The molecule has 0 radical (unpaired) electrons. The number of carboxylic acid groups (broad SMARTS) is 1. The molecule has 0 aliphatic carbocycles. The summed E-state index contributed by atoms with van der Waals surface area (Å²) in [5, 5.41) is 23.4. The molecule has 3 aromatic carbocycles. The smallest absolute Gasteiger partial charge is 0.336 e. The Labute approximate surface area is 249 Å². The fourth-order valence-electron chi connectivity index (χ4n) is 4.12. The number of carboxylic acids is 1. The number of benzene rings is 3. The van der Waals surface area contributed by atoms with Gasteiger partial charge < -0.3 is 10.4 Å². The summed E-state index contributed by atoms with van der Waals surface area (Å²) in [6.07, 6.45) is 0. The number of para-hydroxylation sites is 1. The second kappa shape index (κ2) is 12.0. The number of pyridine rings is 2. The molecule has 41 heavy (non-hydrogen) atoms. The van der Waals surface area contributed by atoms with Gasteiger partial charge >= 0.3 is 5.97 Å². The minimum Gasteiger partial charge on any atom is -0.478 e. The van der Waals surface area contributed by atoms with Crippen LogP contribution in [0.15, 0.2) is 90.0 Å². The monoisotopic (exact) mass is 598 g/mol. The summed E-state index contributed by atoms with van der Waals surface area (Å²) in [7, 11) is 0. The number of hydrogen-bond donors (Lipinski definition) is 2. The maximum atomic E-state index is 13.0. The van der Waals surface area contributed by atoms with Crippen molar-refractivity contribution < 1.29 is 14.7 Å². The van der Waals surface area contributed by atoms with E-state index in [1.165, 1.54) is 11.8 Å². The van der Waals surface area contributed by atoms with Gasteiger partial charge in [0.2, 0.25) is 5.91 Å². The van der Waals surface area contributed by atoms with Crippen LogP contribution in [0, 0.1) is 11.3 Å². The Hall–Kier alpha value is -4.42. The van der Waals surface area contributed by atoms with Gasteiger partial charge in [-0.1, -0.05) is 71.4 Å². The number of amides is 1. The van der Waals surface area contributed by atoms with Crippen molar-refractivity contribution in [1.82, 2.24) is 9.97 Å². The van der Waals surface area contributed by atoms with Crippen molar-refractivity contribution in [3.63, 3.8) is 0 Å². The molecule has 0 saturated carbocycles. The molecule has 10 heteroatoms. The van der Waals surface area contributed by atoms with E-state index in [0.29, 0.717) is 54.2 Å². The van der Waals surface area contributed by atoms with E-state index in [0.717, 1.165) is 5.56 Å². The van der Waals surface area contributed by atoms with Crippen LogP contribution < -0.4 is 5.32 Å². The summed E-state index contributed by atoms with van der Waals surface area (Å²) in [6, 6.07) is 26.3. The minimum atomic E-state index is -1.03. The SMILES string of the molecule is CC(Sc1nc(-c2ccc(Cl)c(Cl)c2)ccc1C#N)C(=O)Nc1ccc(-c2cc(C(=O)O)c3ccccc3n2)cc1. The van der Waals surface area contributed by atoms with Crippen molar-refractivity contribution in [2.24, 2.45) is 0 Å². The van der Waals surface area contributed by atoms with Gasteiger partial charge in [-0.3, -0.25) is 4.79 Å². The number of aromatic carboxylic acids is 1. The highest BCUT2D eigenvalue weighted by Gasteiger charge is 2.19. The average molecular weight is 599 g/mol. The van der Waals surface area contributed by atoms with Crippen LogP contribution in [0.1, 0.15) is 22.8 Å². The summed E-state index contributed by atoms with van der Waals surface area (Å²) < 4.78 is 0. The minimum absolute atomic E-state index is 0.169. The van der Waals surface area contributed by atoms with Gasteiger partial charge in [-0.15, -0.1) is 0 Å². The zero-order valence-electron chi connectivity index (χ0n) is 21.4. The first kappa shape index (κ1) is 28.1. The lowest BCUT2D eigenvalue weighted by Gasteiger charge is -2.14. The standard InChI is InChI=1S/C31H20Cl2N4O3S/c1-17(41-30-20(16-34)9-13-26(37-30)19-8-12-24(32)25(33)14-19)29(38)35-21-10-6-18(7-11-21)28-15-23(31(39)40)22-4-2-3-5-27(22)36-28/h2-15,17H,1H3,(H,35,38)(H,39,40). The van der Waals surface area contributed by atoms with Crippen LogP contribution in [-0.2, 0) is 4.79 Å². The van der Waals surface area contributed by atoms with E-state index >= 15 is 0 Å². The number of halogens is 2. The Balaban J connectivity index is 1.32. The molecule has 0 spiro atoms. The van der Waals surface area contributed by atoms with Crippen LogP contribution in [0.25, 0.3) is 33.4 Å². The number of carbonyl (C=O) groups excluding carboxylic acids is 1. The van der Waals surface area contributed by atoms with Crippen LogP contribution >= 0.6 is 35.0 Å². The van der Waals surface area contributed by atoms with Crippen molar-refractivity contribution in [3.05, 3.63) is 106 Å². The van der Waals surface area contributed by atoms with Crippen molar-refractivity contribution in [3.8, 4) is 28.6 Å². The number of nitriles is 1. The molecule has 7 nitrogen and oxygen atoms in total. The van der Waals surface area contributed by atoms with Crippen LogP contribution in [0.2, 0.25) is 10.0 Å². The number of nitrogens with one attached hydrogen (secondary N) is 1. The van der Waals surface area contributed by atoms with Gasteiger partial charge in [-0.2, -0.15) is 5.26 Å². The lowest BCUT2D eigenvalue weighted by molar-refractivity contribution is -0.115. The highest BCUT2D eigenvalue weighted by Crippen LogP contribution is 2.32. The molecule has 5 aromatic rings. The quantitative estimate of drug-likeness (QED) is 0.182. The molecule has 5 rings (SSSR count). The molecule has 1 amide bonds. The first-order chi connectivity index (χ1) is 19.7. The Morgan fingerprint density at radius 2 is 1.63 bits per heavy atom. The van der Waals surface area contributed by atoms with Gasteiger partial charge in [0.1, 0.15) is 11.1 Å². The molecule has 0 bridgehead atoms. The number of fused-ring (bicyclic) bond motifs is 1. The number of thioether (sulfide) groups is 1. The van der Waals surface area contributed by atoms with Gasteiger partial charge in [-0.05, 0) is 55.5 Å². The van der Waals surface area contributed by atoms with E-state index in [-0.39, 0.29) is 11.5 Å². The molecule has 0 aliphatic heterocycles. The van der Waals surface area contributed by atoms with Crippen molar-refractivity contribution in [1.29, 1.82) is 5.26 Å². The van der Waals surface area contributed by atoms with Gasteiger partial charge in [0, 0.05) is 22.2 Å². The first-order valence-corrected chi connectivity index (χ1v) is 13.9. The number of carbonyl (C=O) groups is 2. The first-order valence-electron chi connectivity index (χ1n) is 12.3. The second-order valence-electron chi connectivity index (χ2n) is 8.99. The maximum Gasteiger partial charge on any atom is 0.336 e. The third kappa shape index (κ3) is 6.18. The largest absolute Gasteiger partial charge is 0.478 e. The Kier molecular flexibility index (Phi) is 8.22. The highest BCUT2D eigenvalue weighted by molar-refractivity contribution is 8.00. The predicted molar refractivity (Wildman–Crippen MR) is 162 cm³/mol. The summed E-state index contributed by atoms with van der Waals surface area (Å²) >= 11 is 13.4. The van der Waals surface area contributed by atoms with Gasteiger partial charge in [0.05, 0.1) is 43.3 Å². The maximum absolute atomic E-state index is 13.0. The van der Waals surface area contributed by atoms with E-state index < -0.39 is 11.2 Å². The van der Waals surface area contributed by atoms with E-state index in [4.69, 9.17) is 23.2 Å². The molecule has 2 aromatic heterocycles. The van der Waals surface area contributed by atoms with Crippen LogP contribution in [0.4, 0.5) is 5.69 Å². The van der Waals surface area contributed by atoms with Gasteiger partial charge in [-0.25, -0.2) is 14.8 Å². The fraction of sp³-hybridized carbons (Fsp3) is 0.0645. The zero-order chi connectivity index (χ0) is 29.1. The highest BCUT2D eigenvalue weighted by atomic mass is 35.5. The van der Waals surface area contributed by atoms with Crippen molar-refractivity contribution >= 4 is 63.4 Å². The van der Waals surface area contributed by atoms with Crippen molar-refractivity contribution in [2.45, 2.75) is 17.2 Å². The van der Waals surface area contributed by atoms with E-state index in [2.05, 4.69) is 21.4 Å². The van der Waals surface area contributed by atoms with Crippen LogP contribution in [0.3, 0.4) is 0 Å². The molecule has 0 saturated heterocycles. The number of nitrogens with zero attached hydrogens (tertiary/aromatic N) is 3. The van der Waals surface area contributed by atoms with E-state index in [9.17, 15) is 20.0 Å².